The third kappa shape index (κ3) is 5.13. The zero-order valence-electron chi connectivity index (χ0n) is 11.7. The summed E-state index contributed by atoms with van der Waals surface area (Å²) < 4.78 is 23.8. The Morgan fingerprint density at radius 3 is 2.26 bits per heavy atom. The van der Waals surface area contributed by atoms with E-state index in [2.05, 4.69) is 5.32 Å². The average molecular weight is 304 g/mol. The number of halogens is 1. The second kappa shape index (κ2) is 7.27. The molecule has 0 radical (unpaired) electrons. The molecule has 1 N–H and O–H groups in total. The molecule has 5 heteroatoms. The van der Waals surface area contributed by atoms with Crippen molar-refractivity contribution in [1.82, 2.24) is 5.32 Å². The first-order chi connectivity index (χ1) is 8.86. The maximum Gasteiger partial charge on any atom is 0.152 e. The molecule has 0 aliphatic carbocycles. The van der Waals surface area contributed by atoms with Crippen LogP contribution in [0.15, 0.2) is 24.3 Å². The predicted molar refractivity (Wildman–Crippen MR) is 81.7 cm³/mol. The van der Waals surface area contributed by atoms with E-state index in [4.69, 9.17) is 11.6 Å². The molecule has 0 bridgehead atoms. The number of likely N-dealkylation sites (N-methyl/N-ethyl adjacent to an activating group) is 1. The Morgan fingerprint density at radius 1 is 1.21 bits per heavy atom. The molecule has 0 saturated carbocycles. The van der Waals surface area contributed by atoms with Crippen LogP contribution < -0.4 is 5.32 Å². The van der Waals surface area contributed by atoms with Crippen LogP contribution in [0.3, 0.4) is 0 Å². The topological polar surface area (TPSA) is 46.2 Å². The molecule has 1 aromatic rings. The van der Waals surface area contributed by atoms with Crippen molar-refractivity contribution in [2.75, 3.05) is 19.3 Å². The molecule has 3 nitrogen and oxygen atoms in total. The maximum atomic E-state index is 11.9. The van der Waals surface area contributed by atoms with E-state index < -0.39 is 9.84 Å². The highest BCUT2D eigenvalue weighted by Crippen LogP contribution is 2.22. The normalized spacial score (nSPS) is 13.7. The summed E-state index contributed by atoms with van der Waals surface area (Å²) in [6.45, 7) is 4.21. The van der Waals surface area contributed by atoms with Gasteiger partial charge in [-0.15, -0.1) is 0 Å². The lowest BCUT2D eigenvalue weighted by atomic mass is 9.96. The van der Waals surface area contributed by atoms with Gasteiger partial charge in [-0.25, -0.2) is 8.42 Å². The van der Waals surface area contributed by atoms with Crippen LogP contribution in [0.5, 0.6) is 0 Å². The molecule has 0 heterocycles. The number of hydrogen-bond acceptors (Lipinski definition) is 3. The van der Waals surface area contributed by atoms with E-state index in [1.807, 2.05) is 31.3 Å². The van der Waals surface area contributed by atoms with Crippen molar-refractivity contribution in [2.24, 2.45) is 0 Å². The second-order valence-corrected chi connectivity index (χ2v) is 8.12. The minimum atomic E-state index is -2.98. The van der Waals surface area contributed by atoms with Gasteiger partial charge in [0.05, 0.1) is 11.0 Å². The van der Waals surface area contributed by atoms with Crippen LogP contribution in [0.4, 0.5) is 0 Å². The molecule has 108 valence electrons. The molecule has 1 rings (SSSR count). The Balaban J connectivity index is 2.76. The van der Waals surface area contributed by atoms with Gasteiger partial charge in [-0.1, -0.05) is 23.7 Å². The van der Waals surface area contributed by atoms with Crippen LogP contribution in [0.1, 0.15) is 31.7 Å². The van der Waals surface area contributed by atoms with Crippen molar-refractivity contribution < 1.29 is 8.42 Å². The van der Waals surface area contributed by atoms with E-state index in [9.17, 15) is 8.42 Å². The van der Waals surface area contributed by atoms with Crippen LogP contribution >= 0.6 is 11.6 Å². The SMILES string of the molecule is CNCC(CCS(=O)(=O)C(C)C)c1ccc(Cl)cc1. The summed E-state index contributed by atoms with van der Waals surface area (Å²) in [7, 11) is -1.11. The van der Waals surface area contributed by atoms with Crippen molar-refractivity contribution >= 4 is 21.4 Å². The number of nitrogens with one attached hydrogen (secondary N) is 1. The van der Waals surface area contributed by atoms with Gasteiger partial charge >= 0.3 is 0 Å². The summed E-state index contributed by atoms with van der Waals surface area (Å²) >= 11 is 5.87. The number of sulfone groups is 1. The summed E-state index contributed by atoms with van der Waals surface area (Å²) in [5.74, 6) is 0.412. The summed E-state index contributed by atoms with van der Waals surface area (Å²) in [4.78, 5) is 0. The fraction of sp³-hybridized carbons (Fsp3) is 0.571. The first-order valence-corrected chi connectivity index (χ1v) is 8.57. The lowest BCUT2D eigenvalue weighted by molar-refractivity contribution is 0.567. The predicted octanol–water partition coefficient (Wildman–Crippen LogP) is 2.86. The monoisotopic (exact) mass is 303 g/mol. The van der Waals surface area contributed by atoms with Crippen molar-refractivity contribution in [2.45, 2.75) is 31.4 Å². The Labute approximate surface area is 121 Å². The molecule has 0 amide bonds. The van der Waals surface area contributed by atoms with E-state index in [1.54, 1.807) is 13.8 Å². The fourth-order valence-electron chi connectivity index (χ4n) is 1.91. The Kier molecular flexibility index (Phi) is 6.30. The van der Waals surface area contributed by atoms with Crippen LogP contribution in [-0.2, 0) is 9.84 Å². The van der Waals surface area contributed by atoms with Crippen molar-refractivity contribution in [3.63, 3.8) is 0 Å². The zero-order chi connectivity index (χ0) is 14.5. The van der Waals surface area contributed by atoms with Gasteiger partial charge in [0.2, 0.25) is 0 Å². The van der Waals surface area contributed by atoms with Crippen molar-refractivity contribution in [3.8, 4) is 0 Å². The van der Waals surface area contributed by atoms with Crippen LogP contribution in [-0.4, -0.2) is 33.0 Å². The van der Waals surface area contributed by atoms with Gasteiger partial charge in [0.1, 0.15) is 0 Å². The number of hydrogen-bond donors (Lipinski definition) is 1. The van der Waals surface area contributed by atoms with Crippen LogP contribution in [0, 0.1) is 0 Å². The molecule has 0 aromatic heterocycles. The first-order valence-electron chi connectivity index (χ1n) is 6.48. The molecule has 1 aromatic carbocycles. The van der Waals surface area contributed by atoms with E-state index in [0.29, 0.717) is 11.4 Å². The molecule has 1 unspecified atom stereocenters. The van der Waals surface area contributed by atoms with Crippen LogP contribution in [0.25, 0.3) is 0 Å². The molecule has 0 fully saturated rings. The molecule has 0 aliphatic heterocycles. The molecule has 0 aliphatic rings. The molecule has 0 spiro atoms. The fourth-order valence-corrected chi connectivity index (χ4v) is 3.12. The second-order valence-electron chi connectivity index (χ2n) is 5.01. The molecular formula is C14H22ClNO2S. The zero-order valence-corrected chi connectivity index (χ0v) is 13.3. The quantitative estimate of drug-likeness (QED) is 0.842. The van der Waals surface area contributed by atoms with E-state index in [1.165, 1.54) is 0 Å². The Hall–Kier alpha value is -0.580. The van der Waals surface area contributed by atoms with Gasteiger partial charge in [-0.05, 0) is 50.9 Å². The summed E-state index contributed by atoms with van der Waals surface area (Å²) in [6, 6.07) is 7.62. The highest BCUT2D eigenvalue weighted by Gasteiger charge is 2.19. The van der Waals surface area contributed by atoms with Gasteiger partial charge < -0.3 is 5.32 Å². The minimum absolute atomic E-state index is 0.191. The maximum absolute atomic E-state index is 11.9. The van der Waals surface area contributed by atoms with Crippen molar-refractivity contribution in [1.29, 1.82) is 0 Å². The smallest absolute Gasteiger partial charge is 0.152 e. The van der Waals surface area contributed by atoms with Gasteiger partial charge in [-0.3, -0.25) is 0 Å². The summed E-state index contributed by atoms with van der Waals surface area (Å²) in [5.41, 5.74) is 1.12. The lowest BCUT2D eigenvalue weighted by Gasteiger charge is -2.18. The van der Waals surface area contributed by atoms with Gasteiger partial charge in [0, 0.05) is 11.6 Å². The number of rotatable bonds is 7. The third-order valence-electron chi connectivity index (χ3n) is 3.26. The van der Waals surface area contributed by atoms with E-state index in [0.717, 1.165) is 12.1 Å². The average Bonchev–Trinajstić information content (AvgIpc) is 2.35. The lowest BCUT2D eigenvalue weighted by Crippen LogP contribution is -2.23. The molecular weight excluding hydrogens is 282 g/mol. The van der Waals surface area contributed by atoms with Gasteiger partial charge in [-0.2, -0.15) is 0 Å². The largest absolute Gasteiger partial charge is 0.319 e. The Morgan fingerprint density at radius 2 is 1.79 bits per heavy atom. The molecule has 0 saturated heterocycles. The summed E-state index contributed by atoms with van der Waals surface area (Å²) in [5, 5.41) is 3.50. The molecule has 19 heavy (non-hydrogen) atoms. The van der Waals surface area contributed by atoms with Crippen molar-refractivity contribution in [3.05, 3.63) is 34.9 Å². The number of benzene rings is 1. The van der Waals surface area contributed by atoms with Gasteiger partial charge in [0.25, 0.3) is 0 Å². The van der Waals surface area contributed by atoms with Gasteiger partial charge in [0.15, 0.2) is 9.84 Å². The Bertz CT molecular complexity index is 483. The standard InChI is InChI=1S/C14H22ClNO2S/c1-11(2)19(17,18)9-8-13(10-16-3)12-4-6-14(15)7-5-12/h4-7,11,13,16H,8-10H2,1-3H3. The third-order valence-corrected chi connectivity index (χ3v) is 5.75. The van der Waals surface area contributed by atoms with E-state index >= 15 is 0 Å². The first kappa shape index (κ1) is 16.5. The summed E-state index contributed by atoms with van der Waals surface area (Å²) in [6.07, 6.45) is 0.628. The molecule has 1 atom stereocenters. The highest BCUT2D eigenvalue weighted by atomic mass is 35.5. The minimum Gasteiger partial charge on any atom is -0.319 e. The highest BCUT2D eigenvalue weighted by molar-refractivity contribution is 7.91. The van der Waals surface area contributed by atoms with Crippen LogP contribution in [0.2, 0.25) is 5.02 Å². The van der Waals surface area contributed by atoms with E-state index in [-0.39, 0.29) is 16.9 Å².